The van der Waals surface area contributed by atoms with E-state index in [1.165, 1.54) is 12.8 Å². The number of hydrogen-bond donors (Lipinski definition) is 0. The Morgan fingerprint density at radius 1 is 0.760 bits per heavy atom. The van der Waals surface area contributed by atoms with Crippen molar-refractivity contribution in [1.82, 2.24) is 0 Å². The van der Waals surface area contributed by atoms with Gasteiger partial charge in [0.05, 0.1) is 6.10 Å². The third-order valence-corrected chi connectivity index (χ3v) is 18.6. The van der Waals surface area contributed by atoms with Gasteiger partial charge in [-0.15, -0.1) is 0 Å². The third-order valence-electron chi connectivity index (χ3n) is 10.8. The Hall–Kier alpha value is -0.140. The number of fused-ring (bicyclic) bond motifs is 5. The summed E-state index contributed by atoms with van der Waals surface area (Å²) in [5.74, 6) is 5.31. The molecule has 0 aromatic heterocycles. The number of carbonyl (C=O) groups excluding carboxylic acids is 2. The maximum absolute atomic E-state index is 13.6. The standard InChI is InChI=1S/C39H50I4O7/c1-7-37(4,5)50-29-14-12-28(13-15-29)48-36(45)39(43,22-41)20-24-16-30-25-18-32(31(30)17-24)33(19-25)49-34(23(2)3)46-26-8-10-27(11-9-26)47-35(44)38(6,42)21-40/h8-15,23-25,30-34H,7,16-22H2,1-6H3. The zero-order valence-electron chi connectivity index (χ0n) is 29.8. The van der Waals surface area contributed by atoms with Crippen molar-refractivity contribution in [3.05, 3.63) is 48.5 Å². The largest absolute Gasteiger partial charge is 0.488 e. The highest BCUT2D eigenvalue weighted by Crippen LogP contribution is 2.62. The highest BCUT2D eigenvalue weighted by molar-refractivity contribution is 14.1. The van der Waals surface area contributed by atoms with Crippen LogP contribution in [0.2, 0.25) is 0 Å². The molecule has 2 aromatic rings. The number of hydrogen-bond acceptors (Lipinski definition) is 7. The third kappa shape index (κ3) is 9.93. The van der Waals surface area contributed by atoms with E-state index in [0.717, 1.165) is 31.4 Å². The van der Waals surface area contributed by atoms with Crippen LogP contribution in [0.3, 0.4) is 0 Å². The second kappa shape index (κ2) is 17.1. The monoisotopic (exact) mass is 1140 g/mol. The molecule has 2 bridgehead atoms. The van der Waals surface area contributed by atoms with Crippen LogP contribution in [0.25, 0.3) is 0 Å². The highest BCUT2D eigenvalue weighted by atomic mass is 127. The van der Waals surface area contributed by atoms with E-state index >= 15 is 0 Å². The lowest BCUT2D eigenvalue weighted by atomic mass is 9.80. The molecule has 50 heavy (non-hydrogen) atoms. The fourth-order valence-electron chi connectivity index (χ4n) is 7.74. The van der Waals surface area contributed by atoms with Gasteiger partial charge in [-0.1, -0.05) is 111 Å². The molecule has 9 atom stereocenters. The predicted molar refractivity (Wildman–Crippen MR) is 231 cm³/mol. The van der Waals surface area contributed by atoms with Crippen LogP contribution in [0, 0.1) is 35.5 Å². The lowest BCUT2D eigenvalue weighted by molar-refractivity contribution is -0.162. The van der Waals surface area contributed by atoms with Crippen LogP contribution in [0.4, 0.5) is 0 Å². The fourth-order valence-corrected chi connectivity index (χ4v) is 9.52. The van der Waals surface area contributed by atoms with Crippen LogP contribution in [0.5, 0.6) is 23.0 Å². The van der Waals surface area contributed by atoms with Crippen LogP contribution in [0.1, 0.15) is 80.1 Å². The minimum atomic E-state index is -0.577. The first kappa shape index (κ1) is 41.0. The molecular weight excluding hydrogens is 1090 g/mol. The SMILES string of the molecule is CCC(C)(C)Oc1ccc(OC(=O)C(I)(CI)CC2CC3C4CC(OC(Oc5ccc(OC(=O)C(C)(I)CI)cc5)C(C)C)C(C4)C3C2)cc1. The van der Waals surface area contributed by atoms with Gasteiger partial charge in [0.15, 0.2) is 0 Å². The van der Waals surface area contributed by atoms with Gasteiger partial charge in [-0.2, -0.15) is 0 Å². The first-order valence-electron chi connectivity index (χ1n) is 17.7. The maximum atomic E-state index is 13.6. The number of alkyl halides is 4. The zero-order chi connectivity index (χ0) is 36.4. The number of halogens is 4. The Morgan fingerprint density at radius 2 is 1.32 bits per heavy atom. The van der Waals surface area contributed by atoms with Gasteiger partial charge in [-0.05, 0) is 137 Å². The maximum Gasteiger partial charge on any atom is 0.328 e. The summed E-state index contributed by atoms with van der Waals surface area (Å²) < 4.78 is 31.0. The molecule has 0 heterocycles. The van der Waals surface area contributed by atoms with Crippen molar-refractivity contribution in [2.24, 2.45) is 35.5 Å². The number of rotatable bonds is 16. The minimum absolute atomic E-state index is 0.163. The molecule has 2 aromatic carbocycles. The van der Waals surface area contributed by atoms with Gasteiger partial charge in [0.1, 0.15) is 35.4 Å². The number of carbonyl (C=O) groups is 2. The van der Waals surface area contributed by atoms with E-state index in [0.29, 0.717) is 55.7 Å². The molecule has 7 nitrogen and oxygen atoms in total. The average molecular weight is 1140 g/mol. The summed E-state index contributed by atoms with van der Waals surface area (Å²) in [6.45, 7) is 12.4. The Kier molecular flexibility index (Phi) is 14.0. The highest BCUT2D eigenvalue weighted by Gasteiger charge is 2.57. The average Bonchev–Trinajstić information content (AvgIpc) is 3.78. The van der Waals surface area contributed by atoms with E-state index in [-0.39, 0.29) is 35.9 Å². The summed E-state index contributed by atoms with van der Waals surface area (Å²) in [5.41, 5.74) is -0.246. The van der Waals surface area contributed by atoms with Gasteiger partial charge < -0.3 is 23.7 Å². The summed E-state index contributed by atoms with van der Waals surface area (Å²) in [7, 11) is 0. The molecule has 0 aliphatic heterocycles. The second-order valence-electron chi connectivity index (χ2n) is 15.5. The first-order chi connectivity index (χ1) is 23.6. The molecule has 3 fully saturated rings. The lowest BCUT2D eigenvalue weighted by Crippen LogP contribution is -2.39. The lowest BCUT2D eigenvalue weighted by Gasteiger charge is -2.35. The van der Waals surface area contributed by atoms with Crippen molar-refractivity contribution in [3.63, 3.8) is 0 Å². The fraction of sp³-hybridized carbons (Fsp3) is 0.641. The topological polar surface area (TPSA) is 80.3 Å². The summed E-state index contributed by atoms with van der Waals surface area (Å²) in [4.78, 5) is 26.1. The summed E-state index contributed by atoms with van der Waals surface area (Å²) in [6, 6.07) is 14.7. The molecule has 9 unspecified atom stereocenters. The quantitative estimate of drug-likeness (QED) is 0.0545. The summed E-state index contributed by atoms with van der Waals surface area (Å²) in [6.07, 6.45) is 6.16. The van der Waals surface area contributed by atoms with Crippen molar-refractivity contribution >= 4 is 102 Å². The first-order valence-corrected chi connectivity index (χ1v) is 22.9. The Balaban J connectivity index is 1.15. The summed E-state index contributed by atoms with van der Waals surface area (Å²) >= 11 is 9.04. The van der Waals surface area contributed by atoms with Gasteiger partial charge in [-0.3, -0.25) is 9.59 Å². The molecule has 11 heteroatoms. The molecular formula is C39H50I4O7. The number of benzene rings is 2. The van der Waals surface area contributed by atoms with Crippen molar-refractivity contribution in [2.45, 2.75) is 105 Å². The van der Waals surface area contributed by atoms with Gasteiger partial charge in [0, 0.05) is 14.8 Å². The Labute approximate surface area is 352 Å². The molecule has 3 aliphatic rings. The van der Waals surface area contributed by atoms with Crippen molar-refractivity contribution in [1.29, 1.82) is 0 Å². The van der Waals surface area contributed by atoms with Crippen LogP contribution in [-0.2, 0) is 14.3 Å². The van der Waals surface area contributed by atoms with E-state index in [2.05, 4.69) is 125 Å². The van der Waals surface area contributed by atoms with Crippen molar-refractivity contribution < 1.29 is 33.3 Å². The molecule has 3 saturated carbocycles. The number of ether oxygens (including phenoxy) is 5. The van der Waals surface area contributed by atoms with Crippen LogP contribution < -0.4 is 18.9 Å². The van der Waals surface area contributed by atoms with E-state index in [1.54, 1.807) is 12.1 Å². The Bertz CT molecular complexity index is 1460. The molecule has 0 amide bonds. The molecule has 276 valence electrons. The van der Waals surface area contributed by atoms with E-state index in [9.17, 15) is 9.59 Å². The van der Waals surface area contributed by atoms with E-state index in [4.69, 9.17) is 23.7 Å². The van der Waals surface area contributed by atoms with Crippen LogP contribution in [0.15, 0.2) is 48.5 Å². The number of esters is 2. The molecule has 0 N–H and O–H groups in total. The van der Waals surface area contributed by atoms with Crippen molar-refractivity contribution in [3.8, 4) is 23.0 Å². The van der Waals surface area contributed by atoms with Crippen LogP contribution in [-0.4, -0.2) is 45.6 Å². The van der Waals surface area contributed by atoms with E-state index < -0.39 is 6.84 Å². The molecule has 5 rings (SSSR count). The van der Waals surface area contributed by atoms with Gasteiger partial charge in [0.2, 0.25) is 6.29 Å². The smallest absolute Gasteiger partial charge is 0.328 e. The van der Waals surface area contributed by atoms with Gasteiger partial charge in [0.25, 0.3) is 0 Å². The van der Waals surface area contributed by atoms with Gasteiger partial charge in [-0.25, -0.2) is 0 Å². The Morgan fingerprint density at radius 3 is 1.88 bits per heavy atom. The van der Waals surface area contributed by atoms with E-state index in [1.807, 2.05) is 43.3 Å². The molecule has 3 aliphatic carbocycles. The zero-order valence-corrected chi connectivity index (χ0v) is 38.4. The van der Waals surface area contributed by atoms with Gasteiger partial charge >= 0.3 is 11.9 Å². The second-order valence-corrected chi connectivity index (χ2v) is 21.5. The summed E-state index contributed by atoms with van der Waals surface area (Å²) in [5, 5.41) is 0. The minimum Gasteiger partial charge on any atom is -0.488 e. The van der Waals surface area contributed by atoms with Crippen LogP contribution >= 0.6 is 90.4 Å². The normalized spacial score (nSPS) is 27.3. The van der Waals surface area contributed by atoms with Crippen molar-refractivity contribution in [2.75, 3.05) is 8.86 Å². The molecule has 0 radical (unpaired) electrons. The molecule has 0 spiro atoms. The predicted octanol–water partition coefficient (Wildman–Crippen LogP) is 10.8. The molecule has 0 saturated heterocycles.